The van der Waals surface area contributed by atoms with Crippen LogP contribution in [-0.4, -0.2) is 19.1 Å². The molecule has 0 unspecified atom stereocenters. The molecule has 2 aromatic carbocycles. The van der Waals surface area contributed by atoms with Crippen molar-refractivity contribution in [2.75, 3.05) is 13.2 Å². The van der Waals surface area contributed by atoms with Gasteiger partial charge in [-0.15, -0.1) is 0 Å². The number of carbonyl (C=O) groups excluding carboxylic acids is 1. The van der Waals surface area contributed by atoms with E-state index < -0.39 is 0 Å². The highest BCUT2D eigenvalue weighted by Gasteiger charge is 2.08. The highest BCUT2D eigenvalue weighted by atomic mass is 16.5. The Labute approximate surface area is 112 Å². The summed E-state index contributed by atoms with van der Waals surface area (Å²) in [5.74, 6) is 0.423. The molecule has 0 fully saturated rings. The van der Waals surface area contributed by atoms with Crippen LogP contribution >= 0.6 is 0 Å². The maximum atomic E-state index is 10.7. The Balaban J connectivity index is 2.31. The number of ether oxygens (including phenoxy) is 1. The number of rotatable bonds is 6. The highest BCUT2D eigenvalue weighted by molar-refractivity contribution is 5.87. The predicted octanol–water partition coefficient (Wildman–Crippen LogP) is 1.60. The van der Waals surface area contributed by atoms with Crippen molar-refractivity contribution >= 4 is 16.7 Å². The fraction of sp³-hybridized carbons (Fsp3) is 0.267. The molecule has 0 saturated carbocycles. The standard InChI is InChI=1S/C15H18N2O2/c16-9-7-13-12-4-2-1-3-11(12)5-6-14(13)19-10-8-15(17)18/h1-6H,7-10,16H2,(H2,17,18). The van der Waals surface area contributed by atoms with Gasteiger partial charge in [0.2, 0.25) is 5.91 Å². The summed E-state index contributed by atoms with van der Waals surface area (Å²) in [5.41, 5.74) is 11.9. The summed E-state index contributed by atoms with van der Waals surface area (Å²) in [5, 5.41) is 2.30. The van der Waals surface area contributed by atoms with Gasteiger partial charge >= 0.3 is 0 Å². The number of amides is 1. The van der Waals surface area contributed by atoms with E-state index in [0.717, 1.165) is 28.5 Å². The van der Waals surface area contributed by atoms with Crippen molar-refractivity contribution < 1.29 is 9.53 Å². The second-order valence-electron chi connectivity index (χ2n) is 4.37. The predicted molar refractivity (Wildman–Crippen MR) is 76.0 cm³/mol. The smallest absolute Gasteiger partial charge is 0.220 e. The van der Waals surface area contributed by atoms with Gasteiger partial charge in [-0.25, -0.2) is 0 Å². The van der Waals surface area contributed by atoms with Crippen LogP contribution in [-0.2, 0) is 11.2 Å². The van der Waals surface area contributed by atoms with Crippen molar-refractivity contribution in [3.8, 4) is 5.75 Å². The molecule has 0 aliphatic rings. The highest BCUT2D eigenvalue weighted by Crippen LogP contribution is 2.28. The quantitative estimate of drug-likeness (QED) is 0.826. The number of hydrogen-bond acceptors (Lipinski definition) is 3. The van der Waals surface area contributed by atoms with Crippen molar-refractivity contribution in [3.05, 3.63) is 42.0 Å². The Kier molecular flexibility index (Phi) is 4.36. The maximum Gasteiger partial charge on any atom is 0.220 e. The molecule has 4 heteroatoms. The first kappa shape index (κ1) is 13.4. The third kappa shape index (κ3) is 3.23. The Morgan fingerprint density at radius 2 is 1.95 bits per heavy atom. The Bertz CT molecular complexity index is 581. The van der Waals surface area contributed by atoms with E-state index in [1.807, 2.05) is 24.3 Å². The molecule has 0 aliphatic carbocycles. The molecular weight excluding hydrogens is 240 g/mol. The summed E-state index contributed by atoms with van der Waals surface area (Å²) in [4.78, 5) is 10.7. The molecule has 2 aromatic rings. The van der Waals surface area contributed by atoms with Crippen LogP contribution in [0.15, 0.2) is 36.4 Å². The largest absolute Gasteiger partial charge is 0.493 e. The normalized spacial score (nSPS) is 10.6. The molecule has 4 N–H and O–H groups in total. The van der Waals surface area contributed by atoms with Gasteiger partial charge in [0.15, 0.2) is 0 Å². The number of primary amides is 1. The summed E-state index contributed by atoms with van der Waals surface area (Å²) < 4.78 is 5.65. The van der Waals surface area contributed by atoms with E-state index in [-0.39, 0.29) is 12.3 Å². The minimum atomic E-state index is -0.360. The lowest BCUT2D eigenvalue weighted by Crippen LogP contribution is -2.15. The van der Waals surface area contributed by atoms with Crippen LogP contribution in [0.1, 0.15) is 12.0 Å². The first-order valence-electron chi connectivity index (χ1n) is 6.34. The summed E-state index contributed by atoms with van der Waals surface area (Å²) in [7, 11) is 0. The molecule has 0 radical (unpaired) electrons. The lowest BCUT2D eigenvalue weighted by molar-refractivity contribution is -0.118. The lowest BCUT2D eigenvalue weighted by Gasteiger charge is -2.13. The number of hydrogen-bond donors (Lipinski definition) is 2. The minimum Gasteiger partial charge on any atom is -0.493 e. The van der Waals surface area contributed by atoms with E-state index in [2.05, 4.69) is 12.1 Å². The van der Waals surface area contributed by atoms with Gasteiger partial charge in [-0.2, -0.15) is 0 Å². The molecule has 0 aliphatic heterocycles. The van der Waals surface area contributed by atoms with E-state index in [1.54, 1.807) is 0 Å². The van der Waals surface area contributed by atoms with Crippen molar-refractivity contribution in [2.45, 2.75) is 12.8 Å². The maximum absolute atomic E-state index is 10.7. The zero-order valence-corrected chi connectivity index (χ0v) is 10.8. The molecule has 0 saturated heterocycles. The Morgan fingerprint density at radius 3 is 2.68 bits per heavy atom. The van der Waals surface area contributed by atoms with E-state index in [4.69, 9.17) is 16.2 Å². The monoisotopic (exact) mass is 258 g/mol. The van der Waals surface area contributed by atoms with Crippen LogP contribution in [0, 0.1) is 0 Å². The molecular formula is C15H18N2O2. The minimum absolute atomic E-state index is 0.217. The van der Waals surface area contributed by atoms with Gasteiger partial charge in [-0.1, -0.05) is 30.3 Å². The number of carbonyl (C=O) groups is 1. The van der Waals surface area contributed by atoms with E-state index in [0.29, 0.717) is 13.2 Å². The van der Waals surface area contributed by atoms with Gasteiger partial charge in [0.25, 0.3) is 0 Å². The molecule has 4 nitrogen and oxygen atoms in total. The van der Waals surface area contributed by atoms with Gasteiger partial charge < -0.3 is 16.2 Å². The molecule has 1 amide bonds. The average molecular weight is 258 g/mol. The van der Waals surface area contributed by atoms with Gasteiger partial charge in [-0.3, -0.25) is 4.79 Å². The van der Waals surface area contributed by atoms with Crippen LogP contribution in [0.25, 0.3) is 10.8 Å². The second kappa shape index (κ2) is 6.20. The van der Waals surface area contributed by atoms with Crippen molar-refractivity contribution in [1.29, 1.82) is 0 Å². The summed E-state index contributed by atoms with van der Waals surface area (Å²) in [6.45, 7) is 0.853. The molecule has 19 heavy (non-hydrogen) atoms. The van der Waals surface area contributed by atoms with Gasteiger partial charge in [0.1, 0.15) is 5.75 Å². The van der Waals surface area contributed by atoms with E-state index >= 15 is 0 Å². The van der Waals surface area contributed by atoms with Crippen LogP contribution in [0.3, 0.4) is 0 Å². The summed E-state index contributed by atoms with van der Waals surface area (Å²) >= 11 is 0. The number of nitrogens with two attached hydrogens (primary N) is 2. The second-order valence-corrected chi connectivity index (χ2v) is 4.37. The summed E-state index contributed by atoms with van der Waals surface area (Å²) in [6, 6.07) is 12.0. The van der Waals surface area contributed by atoms with E-state index in [9.17, 15) is 4.79 Å². The topological polar surface area (TPSA) is 78.3 Å². The Morgan fingerprint density at radius 1 is 1.16 bits per heavy atom. The first-order valence-corrected chi connectivity index (χ1v) is 6.34. The first-order chi connectivity index (χ1) is 9.22. The third-order valence-corrected chi connectivity index (χ3v) is 3.00. The van der Waals surface area contributed by atoms with Gasteiger partial charge in [0.05, 0.1) is 13.0 Å². The number of fused-ring (bicyclic) bond motifs is 1. The van der Waals surface area contributed by atoms with Crippen LogP contribution in [0.5, 0.6) is 5.75 Å². The zero-order chi connectivity index (χ0) is 13.7. The molecule has 0 bridgehead atoms. The molecule has 0 heterocycles. The van der Waals surface area contributed by atoms with Crippen LogP contribution in [0.2, 0.25) is 0 Å². The zero-order valence-electron chi connectivity index (χ0n) is 10.8. The lowest BCUT2D eigenvalue weighted by atomic mass is 10.0. The fourth-order valence-corrected chi connectivity index (χ4v) is 2.11. The van der Waals surface area contributed by atoms with Gasteiger partial charge in [-0.05, 0) is 29.8 Å². The van der Waals surface area contributed by atoms with Crippen molar-refractivity contribution in [1.82, 2.24) is 0 Å². The fourth-order valence-electron chi connectivity index (χ4n) is 2.11. The molecule has 0 spiro atoms. The molecule has 2 rings (SSSR count). The Hall–Kier alpha value is -2.07. The molecule has 0 aromatic heterocycles. The van der Waals surface area contributed by atoms with Crippen molar-refractivity contribution in [3.63, 3.8) is 0 Å². The summed E-state index contributed by atoms with van der Waals surface area (Å²) in [6.07, 6.45) is 0.960. The van der Waals surface area contributed by atoms with Crippen molar-refractivity contribution in [2.24, 2.45) is 11.5 Å². The number of benzene rings is 2. The SMILES string of the molecule is NCCc1c(OCCC(N)=O)ccc2ccccc12. The van der Waals surface area contributed by atoms with Crippen LogP contribution < -0.4 is 16.2 Å². The van der Waals surface area contributed by atoms with E-state index in [1.165, 1.54) is 0 Å². The molecule has 0 atom stereocenters. The third-order valence-electron chi connectivity index (χ3n) is 3.00. The molecule has 100 valence electrons. The van der Waals surface area contributed by atoms with Gasteiger partial charge in [0, 0.05) is 5.56 Å². The van der Waals surface area contributed by atoms with Crippen LogP contribution in [0.4, 0.5) is 0 Å². The average Bonchev–Trinajstić information content (AvgIpc) is 2.41.